The highest BCUT2D eigenvalue weighted by Gasteiger charge is 2.34. The molecule has 0 aliphatic carbocycles. The van der Waals surface area contributed by atoms with Crippen molar-refractivity contribution < 1.29 is 23.1 Å². The van der Waals surface area contributed by atoms with Crippen molar-refractivity contribution in [2.45, 2.75) is 58.0 Å². The van der Waals surface area contributed by atoms with Crippen LogP contribution in [0.2, 0.25) is 0 Å². The van der Waals surface area contributed by atoms with Crippen molar-refractivity contribution >= 4 is 50.3 Å². The molecule has 4 aliphatic heterocycles. The van der Waals surface area contributed by atoms with Gasteiger partial charge in [-0.1, -0.05) is 25.6 Å². The summed E-state index contributed by atoms with van der Waals surface area (Å²) in [5, 5.41) is 11.3. The smallest absolute Gasteiger partial charge is 0.256 e. The Morgan fingerprint density at radius 1 is 0.915 bits per heavy atom. The van der Waals surface area contributed by atoms with Crippen LogP contribution in [0.15, 0.2) is 57.9 Å². The van der Waals surface area contributed by atoms with Gasteiger partial charge in [-0.2, -0.15) is 0 Å². The number of nitrogens with one attached hydrogen (secondary N) is 3. The first kappa shape index (κ1) is 40.7. The van der Waals surface area contributed by atoms with Crippen molar-refractivity contribution in [3.63, 3.8) is 0 Å². The molecule has 3 fully saturated rings. The van der Waals surface area contributed by atoms with Crippen LogP contribution in [-0.4, -0.2) is 129 Å². The lowest BCUT2D eigenvalue weighted by atomic mass is 10.0. The molecule has 4 aliphatic rings. The predicted octanol–water partition coefficient (Wildman–Crippen LogP) is 5.30. The lowest BCUT2D eigenvalue weighted by Crippen LogP contribution is -2.45. The molecule has 3 aromatic carbocycles. The van der Waals surface area contributed by atoms with Crippen LogP contribution in [0.1, 0.15) is 56.3 Å². The van der Waals surface area contributed by atoms with Gasteiger partial charge in [0.1, 0.15) is 27.9 Å². The van der Waals surface area contributed by atoms with E-state index >= 15 is 4.39 Å². The number of aromatic nitrogens is 1. The molecule has 0 spiro atoms. The SMILES string of the molecule is C.CN1CCN(CCCNC(=O)c2cn3c4c(c(N5CC[C@@H](NC(=O)CCNCCC6CCCN6C)C5)c(F)cc4c2=O)Oc2cc4c(cc2-3)oc2ccccc24)CC1. The Bertz CT molecular complexity index is 2420. The monoisotopic (exact) mass is 808 g/mol. The van der Waals surface area contributed by atoms with Crippen molar-refractivity contribution in [2.24, 2.45) is 0 Å². The summed E-state index contributed by atoms with van der Waals surface area (Å²) >= 11 is 0. The van der Waals surface area contributed by atoms with E-state index in [-0.39, 0.29) is 41.8 Å². The van der Waals surface area contributed by atoms with Crippen molar-refractivity contribution in [1.29, 1.82) is 0 Å². The number of likely N-dealkylation sites (N-methyl/N-ethyl adjacent to an activating group) is 1. The lowest BCUT2D eigenvalue weighted by Gasteiger charge is -2.32. The molecule has 1 unspecified atom stereocenters. The van der Waals surface area contributed by atoms with Crippen LogP contribution in [0, 0.1) is 5.82 Å². The Morgan fingerprint density at radius 2 is 1.75 bits per heavy atom. The number of carbonyl (C=O) groups is 2. The maximum Gasteiger partial charge on any atom is 0.256 e. The first-order chi connectivity index (χ1) is 28.2. The van der Waals surface area contributed by atoms with Gasteiger partial charge in [-0.05, 0) is 84.0 Å². The van der Waals surface area contributed by atoms with E-state index in [9.17, 15) is 14.4 Å². The fraction of sp³-hybridized carbons (Fsp3) is 0.489. The Hall–Kier alpha value is -5.02. The Kier molecular flexibility index (Phi) is 11.9. The van der Waals surface area contributed by atoms with Crippen LogP contribution >= 0.6 is 0 Å². The number of anilines is 1. The van der Waals surface area contributed by atoms with Gasteiger partial charge in [0.25, 0.3) is 5.91 Å². The van der Waals surface area contributed by atoms with E-state index in [1.54, 1.807) is 10.8 Å². The number of carbonyl (C=O) groups excluding carboxylic acids is 2. The normalized spacial score (nSPS) is 19.6. The van der Waals surface area contributed by atoms with E-state index in [0.717, 1.165) is 69.4 Å². The maximum atomic E-state index is 16.6. The zero-order valence-corrected chi connectivity index (χ0v) is 33.4. The summed E-state index contributed by atoms with van der Waals surface area (Å²) in [5.41, 5.74) is 1.85. The topological polar surface area (TPSA) is 128 Å². The number of pyridine rings is 1. The van der Waals surface area contributed by atoms with Crippen molar-refractivity contribution in [3.8, 4) is 17.2 Å². The zero-order valence-electron chi connectivity index (χ0n) is 33.4. The number of ether oxygens (including phenoxy) is 1. The van der Waals surface area contributed by atoms with Crippen LogP contribution in [-0.2, 0) is 4.79 Å². The van der Waals surface area contributed by atoms with Crippen molar-refractivity contribution in [2.75, 3.05) is 91.0 Å². The first-order valence-electron chi connectivity index (χ1n) is 20.9. The maximum absolute atomic E-state index is 16.6. The highest BCUT2D eigenvalue weighted by molar-refractivity contribution is 6.07. The number of hydrogen-bond donors (Lipinski definition) is 3. The minimum Gasteiger partial charge on any atom is -0.456 e. The lowest BCUT2D eigenvalue weighted by molar-refractivity contribution is -0.121. The third kappa shape index (κ3) is 8.15. The van der Waals surface area contributed by atoms with E-state index in [0.29, 0.717) is 73.2 Å². The summed E-state index contributed by atoms with van der Waals surface area (Å²) in [6.07, 6.45) is 6.83. The van der Waals surface area contributed by atoms with Crippen molar-refractivity contribution in [1.82, 2.24) is 35.2 Å². The zero-order chi connectivity index (χ0) is 39.9. The summed E-state index contributed by atoms with van der Waals surface area (Å²) in [5.74, 6) is -0.530. The summed E-state index contributed by atoms with van der Waals surface area (Å²) in [4.78, 5) is 49.8. The van der Waals surface area contributed by atoms with E-state index in [2.05, 4.69) is 44.7 Å². The summed E-state index contributed by atoms with van der Waals surface area (Å²) in [6.45, 7) is 8.74. The van der Waals surface area contributed by atoms with Crippen LogP contribution in [0.4, 0.5) is 10.1 Å². The van der Waals surface area contributed by atoms with E-state index < -0.39 is 17.2 Å². The minimum absolute atomic E-state index is 0. The fourth-order valence-corrected chi connectivity index (χ4v) is 9.27. The highest BCUT2D eigenvalue weighted by atomic mass is 19.1. The molecule has 3 N–H and O–H groups in total. The van der Waals surface area contributed by atoms with Gasteiger partial charge in [0.05, 0.1) is 11.1 Å². The second-order valence-corrected chi connectivity index (χ2v) is 16.5. The van der Waals surface area contributed by atoms with Gasteiger partial charge >= 0.3 is 0 Å². The number of piperazine rings is 1. The highest BCUT2D eigenvalue weighted by Crippen LogP contribution is 2.49. The van der Waals surface area contributed by atoms with Crippen LogP contribution < -0.4 is 31.0 Å². The van der Waals surface area contributed by atoms with Gasteiger partial charge < -0.3 is 49.3 Å². The molecule has 59 heavy (non-hydrogen) atoms. The molecular weight excluding hydrogens is 752 g/mol. The van der Waals surface area contributed by atoms with Gasteiger partial charge in [0.15, 0.2) is 17.3 Å². The second-order valence-electron chi connectivity index (χ2n) is 16.5. The quantitative estimate of drug-likeness (QED) is 0.133. The number of fused-ring (bicyclic) bond motifs is 5. The number of furan rings is 1. The number of nitrogens with zero attached hydrogens (tertiary/aromatic N) is 5. The molecule has 2 aromatic heterocycles. The molecule has 0 saturated carbocycles. The number of hydrogen-bond acceptors (Lipinski definition) is 10. The van der Waals surface area contributed by atoms with Crippen molar-refractivity contribution in [3.05, 3.63) is 70.3 Å². The standard InChI is InChI=1S/C44H53FN8O5.CH4/c1-49-19-21-51(22-20-49)17-6-13-47-44(56)33-27-53-35-25-37-31(30-8-3-4-9-36(30)57-37)24-38(35)58-43-40(53)32(42(33)55)23-34(45)41(43)52-18-12-28(26-52)48-39(54)11-15-46-14-10-29-7-5-16-50(29)2;/h3-4,8-9,23-25,27-29,46H,5-7,10-22,26H2,1-2H3,(H,47,56)(H,48,54);1H4/t28-,29?;/m1./s1. The Morgan fingerprint density at radius 3 is 2.56 bits per heavy atom. The van der Waals surface area contributed by atoms with Crippen LogP contribution in [0.3, 0.4) is 0 Å². The largest absolute Gasteiger partial charge is 0.456 e. The van der Waals surface area contributed by atoms with Gasteiger partial charge in [-0.15, -0.1) is 0 Å². The van der Waals surface area contributed by atoms with Crippen LogP contribution in [0.5, 0.6) is 11.5 Å². The fourth-order valence-electron chi connectivity index (χ4n) is 9.27. The van der Waals surface area contributed by atoms with Crippen LogP contribution in [0.25, 0.3) is 38.5 Å². The number of benzene rings is 3. The first-order valence-corrected chi connectivity index (χ1v) is 20.9. The number of amides is 2. The minimum atomic E-state index is -0.627. The molecule has 6 heterocycles. The summed E-state index contributed by atoms with van der Waals surface area (Å²) in [6, 6.07) is 13.1. The number of rotatable bonds is 13. The molecule has 5 aromatic rings. The predicted molar refractivity (Wildman–Crippen MR) is 231 cm³/mol. The summed E-state index contributed by atoms with van der Waals surface area (Å²) < 4.78 is 31.2. The van der Waals surface area contributed by atoms with E-state index in [1.807, 2.05) is 41.3 Å². The molecule has 14 heteroatoms. The third-order valence-corrected chi connectivity index (χ3v) is 12.6. The molecule has 0 radical (unpaired) electrons. The molecule has 0 bridgehead atoms. The number of para-hydroxylation sites is 1. The molecule has 13 nitrogen and oxygen atoms in total. The van der Waals surface area contributed by atoms with E-state index in [4.69, 9.17) is 9.15 Å². The molecule has 9 rings (SSSR count). The average Bonchev–Trinajstić information content (AvgIpc) is 3.95. The Labute approximate surface area is 344 Å². The molecule has 314 valence electrons. The molecule has 2 atom stereocenters. The Balaban J connectivity index is 0.00000484. The molecule has 2 amide bonds. The number of halogens is 1. The second kappa shape index (κ2) is 17.3. The summed E-state index contributed by atoms with van der Waals surface area (Å²) in [7, 11) is 4.29. The molecule has 3 saturated heterocycles. The van der Waals surface area contributed by atoms with Gasteiger partial charge in [0, 0.05) is 93.9 Å². The molecular formula is C45H57FN8O5. The van der Waals surface area contributed by atoms with Gasteiger partial charge in [-0.25, -0.2) is 4.39 Å². The third-order valence-electron chi connectivity index (χ3n) is 12.6. The van der Waals surface area contributed by atoms with Gasteiger partial charge in [-0.3, -0.25) is 14.4 Å². The number of likely N-dealkylation sites (tertiary alicyclic amines) is 1. The van der Waals surface area contributed by atoms with Gasteiger partial charge in [0.2, 0.25) is 11.3 Å². The average molecular weight is 809 g/mol. The van der Waals surface area contributed by atoms with E-state index in [1.165, 1.54) is 18.9 Å².